The second kappa shape index (κ2) is 3.96. The number of para-hydroxylation sites is 2. The fourth-order valence-corrected chi connectivity index (χ4v) is 2.22. The van der Waals surface area contributed by atoms with E-state index >= 15 is 0 Å². The minimum absolute atomic E-state index is 0.289. The van der Waals surface area contributed by atoms with Gasteiger partial charge in [0, 0.05) is 5.56 Å². The summed E-state index contributed by atoms with van der Waals surface area (Å²) in [6.07, 6.45) is 0. The van der Waals surface area contributed by atoms with Crippen molar-refractivity contribution in [3.63, 3.8) is 0 Å². The zero-order chi connectivity index (χ0) is 11.8. The molecule has 1 aromatic heterocycles. The van der Waals surface area contributed by atoms with E-state index in [9.17, 15) is 4.39 Å². The van der Waals surface area contributed by atoms with Crippen LogP contribution in [0.15, 0.2) is 46.9 Å². The monoisotopic (exact) mass is 290 g/mol. The van der Waals surface area contributed by atoms with Crippen LogP contribution in [-0.4, -0.2) is 9.97 Å². The Kier molecular flexibility index (Phi) is 2.44. The van der Waals surface area contributed by atoms with Crippen LogP contribution in [0.4, 0.5) is 4.39 Å². The van der Waals surface area contributed by atoms with Crippen LogP contribution >= 0.6 is 15.9 Å². The molecule has 2 aromatic carbocycles. The van der Waals surface area contributed by atoms with E-state index < -0.39 is 0 Å². The zero-order valence-electron chi connectivity index (χ0n) is 8.74. The Bertz CT molecular complexity index is 658. The van der Waals surface area contributed by atoms with Gasteiger partial charge < -0.3 is 4.98 Å². The predicted molar refractivity (Wildman–Crippen MR) is 69.2 cm³/mol. The molecule has 0 saturated heterocycles. The van der Waals surface area contributed by atoms with Gasteiger partial charge in [0.15, 0.2) is 0 Å². The SMILES string of the molecule is Fc1cccc(-c2nc3ccccc3[nH]2)c1Br. The van der Waals surface area contributed by atoms with Crippen molar-refractivity contribution in [1.29, 1.82) is 0 Å². The highest BCUT2D eigenvalue weighted by Gasteiger charge is 2.10. The highest BCUT2D eigenvalue weighted by molar-refractivity contribution is 9.10. The minimum Gasteiger partial charge on any atom is -0.338 e. The number of benzene rings is 2. The summed E-state index contributed by atoms with van der Waals surface area (Å²) in [7, 11) is 0. The van der Waals surface area contributed by atoms with E-state index in [1.165, 1.54) is 6.07 Å². The van der Waals surface area contributed by atoms with Crippen molar-refractivity contribution < 1.29 is 4.39 Å². The second-order valence-electron chi connectivity index (χ2n) is 3.70. The quantitative estimate of drug-likeness (QED) is 0.717. The molecule has 17 heavy (non-hydrogen) atoms. The molecule has 0 saturated carbocycles. The maximum Gasteiger partial charge on any atom is 0.139 e. The molecule has 0 amide bonds. The third-order valence-electron chi connectivity index (χ3n) is 2.60. The lowest BCUT2D eigenvalue weighted by Gasteiger charge is -2.00. The van der Waals surface area contributed by atoms with Crippen molar-refractivity contribution >= 4 is 27.0 Å². The van der Waals surface area contributed by atoms with E-state index in [0.29, 0.717) is 10.3 Å². The van der Waals surface area contributed by atoms with Crippen LogP contribution in [0.25, 0.3) is 22.4 Å². The lowest BCUT2D eigenvalue weighted by atomic mass is 10.2. The summed E-state index contributed by atoms with van der Waals surface area (Å²) in [4.78, 5) is 7.60. The fraction of sp³-hybridized carbons (Fsp3) is 0. The van der Waals surface area contributed by atoms with Crippen LogP contribution in [0.1, 0.15) is 0 Å². The number of halogens is 2. The van der Waals surface area contributed by atoms with Gasteiger partial charge >= 0.3 is 0 Å². The molecular formula is C13H8BrFN2. The number of nitrogens with zero attached hydrogens (tertiary/aromatic N) is 1. The summed E-state index contributed by atoms with van der Waals surface area (Å²) in [6.45, 7) is 0. The summed E-state index contributed by atoms with van der Waals surface area (Å²) in [5, 5.41) is 0. The number of H-pyrrole nitrogens is 1. The normalized spacial score (nSPS) is 10.9. The highest BCUT2D eigenvalue weighted by atomic mass is 79.9. The molecule has 3 aromatic rings. The van der Waals surface area contributed by atoms with Gasteiger partial charge in [-0.15, -0.1) is 0 Å². The number of imidazole rings is 1. The van der Waals surface area contributed by atoms with Crippen molar-refractivity contribution in [2.75, 3.05) is 0 Å². The summed E-state index contributed by atoms with van der Waals surface area (Å²) in [5.74, 6) is 0.375. The molecule has 0 unspecified atom stereocenters. The third-order valence-corrected chi connectivity index (χ3v) is 3.40. The van der Waals surface area contributed by atoms with Gasteiger partial charge in [-0.3, -0.25) is 0 Å². The molecule has 0 atom stereocenters. The number of rotatable bonds is 1. The van der Waals surface area contributed by atoms with Crippen LogP contribution in [0.2, 0.25) is 0 Å². The summed E-state index contributed by atoms with van der Waals surface area (Å²) < 4.78 is 13.9. The van der Waals surface area contributed by atoms with E-state index in [0.717, 1.165) is 16.6 Å². The van der Waals surface area contributed by atoms with E-state index in [4.69, 9.17) is 0 Å². The Morgan fingerprint density at radius 3 is 2.71 bits per heavy atom. The van der Waals surface area contributed by atoms with E-state index in [1.54, 1.807) is 6.07 Å². The van der Waals surface area contributed by atoms with Crippen molar-refractivity contribution in [3.8, 4) is 11.4 Å². The lowest BCUT2D eigenvalue weighted by molar-refractivity contribution is 0.621. The van der Waals surface area contributed by atoms with Crippen molar-refractivity contribution in [2.24, 2.45) is 0 Å². The van der Waals surface area contributed by atoms with E-state index in [1.807, 2.05) is 30.3 Å². The first-order chi connectivity index (χ1) is 8.25. The van der Waals surface area contributed by atoms with E-state index in [-0.39, 0.29) is 5.82 Å². The standard InChI is InChI=1S/C13H8BrFN2/c14-12-8(4-3-5-9(12)15)13-16-10-6-1-2-7-11(10)17-13/h1-7H,(H,16,17). The Morgan fingerprint density at radius 1 is 1.06 bits per heavy atom. The maximum atomic E-state index is 13.4. The fourth-order valence-electron chi connectivity index (χ4n) is 1.77. The van der Waals surface area contributed by atoms with Gasteiger partial charge in [0.2, 0.25) is 0 Å². The smallest absolute Gasteiger partial charge is 0.139 e. The van der Waals surface area contributed by atoms with Crippen molar-refractivity contribution in [2.45, 2.75) is 0 Å². The van der Waals surface area contributed by atoms with Gasteiger partial charge in [-0.05, 0) is 40.2 Å². The average Bonchev–Trinajstić information content (AvgIpc) is 2.76. The topological polar surface area (TPSA) is 28.7 Å². The number of hydrogen-bond acceptors (Lipinski definition) is 1. The summed E-state index contributed by atoms with van der Waals surface area (Å²) in [6, 6.07) is 12.6. The van der Waals surface area contributed by atoms with Gasteiger partial charge in [0.1, 0.15) is 11.6 Å². The molecule has 0 aliphatic carbocycles. The van der Waals surface area contributed by atoms with Crippen molar-refractivity contribution in [3.05, 3.63) is 52.8 Å². The number of fused-ring (bicyclic) bond motifs is 1. The van der Waals surface area contributed by atoms with Crippen LogP contribution in [0, 0.1) is 5.82 Å². The zero-order valence-corrected chi connectivity index (χ0v) is 10.3. The molecule has 0 aliphatic rings. The van der Waals surface area contributed by atoms with Crippen LogP contribution in [-0.2, 0) is 0 Å². The van der Waals surface area contributed by atoms with E-state index in [2.05, 4.69) is 25.9 Å². The molecule has 1 N–H and O–H groups in total. The number of nitrogens with one attached hydrogen (secondary N) is 1. The van der Waals surface area contributed by atoms with Crippen LogP contribution in [0.5, 0.6) is 0 Å². The maximum absolute atomic E-state index is 13.4. The molecule has 0 bridgehead atoms. The molecule has 0 radical (unpaired) electrons. The predicted octanol–water partition coefficient (Wildman–Crippen LogP) is 4.13. The first-order valence-electron chi connectivity index (χ1n) is 5.15. The molecule has 0 aliphatic heterocycles. The Labute approximate surface area is 106 Å². The Balaban J connectivity index is 2.24. The number of aromatic amines is 1. The molecule has 1 heterocycles. The number of aromatic nitrogens is 2. The molecule has 84 valence electrons. The largest absolute Gasteiger partial charge is 0.338 e. The van der Waals surface area contributed by atoms with Crippen LogP contribution < -0.4 is 0 Å². The van der Waals surface area contributed by atoms with Gasteiger partial charge in [0.05, 0.1) is 15.5 Å². The van der Waals surface area contributed by atoms with Gasteiger partial charge in [-0.25, -0.2) is 9.37 Å². The molecule has 0 spiro atoms. The molecule has 0 fully saturated rings. The highest BCUT2D eigenvalue weighted by Crippen LogP contribution is 2.29. The first-order valence-corrected chi connectivity index (χ1v) is 5.94. The second-order valence-corrected chi connectivity index (χ2v) is 4.50. The summed E-state index contributed by atoms with van der Waals surface area (Å²) >= 11 is 3.24. The van der Waals surface area contributed by atoms with Gasteiger partial charge in [0.25, 0.3) is 0 Å². The first kappa shape index (κ1) is 10.5. The average molecular weight is 291 g/mol. The molecule has 2 nitrogen and oxygen atoms in total. The third kappa shape index (κ3) is 1.74. The summed E-state index contributed by atoms with van der Waals surface area (Å²) in [5.41, 5.74) is 2.54. The Morgan fingerprint density at radius 2 is 1.88 bits per heavy atom. The van der Waals surface area contributed by atoms with Crippen LogP contribution in [0.3, 0.4) is 0 Å². The minimum atomic E-state index is -0.289. The van der Waals surface area contributed by atoms with Gasteiger partial charge in [-0.1, -0.05) is 18.2 Å². The molecule has 4 heteroatoms. The number of hydrogen-bond donors (Lipinski definition) is 1. The molecular weight excluding hydrogens is 283 g/mol. The molecule has 3 rings (SSSR count). The van der Waals surface area contributed by atoms with Crippen molar-refractivity contribution in [1.82, 2.24) is 9.97 Å². The van der Waals surface area contributed by atoms with Gasteiger partial charge in [-0.2, -0.15) is 0 Å². The Hall–Kier alpha value is -1.68. The lowest BCUT2D eigenvalue weighted by Crippen LogP contribution is -1.85.